The highest BCUT2D eigenvalue weighted by atomic mass is 15.5. The van der Waals surface area contributed by atoms with Gasteiger partial charge >= 0.3 is 0 Å². The average molecular weight is 361 g/mol. The van der Waals surface area contributed by atoms with Crippen molar-refractivity contribution in [3.05, 3.63) is 54.2 Å². The number of anilines is 1. The van der Waals surface area contributed by atoms with Crippen LogP contribution in [0.4, 0.5) is 5.82 Å². The monoisotopic (exact) mass is 361 g/mol. The molecule has 4 aromatic heterocycles. The zero-order valence-corrected chi connectivity index (χ0v) is 15.2. The Morgan fingerprint density at radius 1 is 1.11 bits per heavy atom. The molecule has 5 rings (SSSR count). The molecule has 9 heteroatoms. The van der Waals surface area contributed by atoms with Crippen LogP contribution >= 0.6 is 0 Å². The highest BCUT2D eigenvalue weighted by Gasteiger charge is 2.32. The van der Waals surface area contributed by atoms with Crippen molar-refractivity contribution in [1.29, 1.82) is 0 Å². The number of fused-ring (bicyclic) bond motifs is 2. The molecule has 0 spiro atoms. The highest BCUT2D eigenvalue weighted by molar-refractivity contribution is 5.63. The fourth-order valence-electron chi connectivity index (χ4n) is 3.73. The molecule has 136 valence electrons. The molecule has 0 fully saturated rings. The molecule has 0 amide bonds. The van der Waals surface area contributed by atoms with Crippen LogP contribution in [0.15, 0.2) is 43.0 Å². The van der Waals surface area contributed by atoms with Crippen LogP contribution < -0.4 is 4.90 Å². The summed E-state index contributed by atoms with van der Waals surface area (Å²) in [5.41, 5.74) is 3.03. The Hall–Kier alpha value is -3.36. The maximum absolute atomic E-state index is 4.62. The van der Waals surface area contributed by atoms with Gasteiger partial charge in [-0.2, -0.15) is 9.61 Å². The maximum Gasteiger partial charge on any atom is 0.221 e. The van der Waals surface area contributed by atoms with Crippen molar-refractivity contribution in [3.8, 4) is 5.82 Å². The lowest BCUT2D eigenvalue weighted by atomic mass is 9.87. The van der Waals surface area contributed by atoms with E-state index in [1.165, 1.54) is 11.3 Å². The average Bonchev–Trinajstić information content (AvgIpc) is 3.26. The molecule has 0 atom stereocenters. The second kappa shape index (κ2) is 5.83. The number of nitrogens with zero attached hydrogens (tertiary/aromatic N) is 9. The van der Waals surface area contributed by atoms with Crippen LogP contribution in [0.1, 0.15) is 25.1 Å². The van der Waals surface area contributed by atoms with E-state index in [-0.39, 0.29) is 5.41 Å². The summed E-state index contributed by atoms with van der Waals surface area (Å²) in [5, 5.41) is 16.5. The first kappa shape index (κ1) is 15.9. The lowest BCUT2D eigenvalue weighted by Gasteiger charge is -2.30. The Kier molecular flexibility index (Phi) is 3.43. The molecule has 0 aromatic carbocycles. The molecule has 1 aliphatic heterocycles. The van der Waals surface area contributed by atoms with E-state index in [1.807, 2.05) is 29.1 Å². The lowest BCUT2D eigenvalue weighted by molar-refractivity contribution is 0.363. The van der Waals surface area contributed by atoms with Gasteiger partial charge in [0, 0.05) is 31.0 Å². The van der Waals surface area contributed by atoms with Gasteiger partial charge in [0.2, 0.25) is 5.65 Å². The molecule has 0 unspecified atom stereocenters. The third kappa shape index (κ3) is 2.71. The number of hydrogen-bond acceptors (Lipinski definition) is 7. The summed E-state index contributed by atoms with van der Waals surface area (Å²) in [4.78, 5) is 11.3. The van der Waals surface area contributed by atoms with Gasteiger partial charge in [0.25, 0.3) is 0 Å². The minimum absolute atomic E-state index is 0.0137. The van der Waals surface area contributed by atoms with Crippen molar-refractivity contribution in [3.63, 3.8) is 0 Å². The fourth-order valence-corrected chi connectivity index (χ4v) is 3.73. The smallest absolute Gasteiger partial charge is 0.221 e. The zero-order chi connectivity index (χ0) is 18.4. The topological polar surface area (TPSA) is 89.9 Å². The molecular weight excluding hydrogens is 342 g/mol. The van der Waals surface area contributed by atoms with Gasteiger partial charge in [-0.15, -0.1) is 5.10 Å². The third-order valence-corrected chi connectivity index (χ3v) is 4.84. The number of rotatable bonds is 2. The summed E-state index contributed by atoms with van der Waals surface area (Å²) in [6.45, 7) is 6.05. The van der Waals surface area contributed by atoms with Crippen molar-refractivity contribution in [1.82, 2.24) is 39.8 Å². The van der Waals surface area contributed by atoms with Crippen molar-refractivity contribution in [2.24, 2.45) is 5.41 Å². The molecule has 4 aromatic rings. The van der Waals surface area contributed by atoms with Gasteiger partial charge in [-0.3, -0.25) is 0 Å². The van der Waals surface area contributed by atoms with E-state index in [0.29, 0.717) is 12.2 Å². The number of tetrazole rings is 1. The Morgan fingerprint density at radius 2 is 2.04 bits per heavy atom. The normalized spacial score (nSPS) is 16.3. The van der Waals surface area contributed by atoms with Crippen molar-refractivity contribution in [2.45, 2.75) is 26.8 Å². The summed E-state index contributed by atoms with van der Waals surface area (Å²) in [5.74, 6) is 1.62. The quantitative estimate of drug-likeness (QED) is 0.537. The van der Waals surface area contributed by atoms with Gasteiger partial charge in [0.1, 0.15) is 0 Å². The molecule has 0 aliphatic carbocycles. The van der Waals surface area contributed by atoms with E-state index in [4.69, 9.17) is 0 Å². The maximum atomic E-state index is 4.62. The van der Waals surface area contributed by atoms with E-state index in [9.17, 15) is 0 Å². The van der Waals surface area contributed by atoms with Crippen molar-refractivity contribution in [2.75, 3.05) is 11.4 Å². The van der Waals surface area contributed by atoms with E-state index < -0.39 is 0 Å². The van der Waals surface area contributed by atoms with Crippen LogP contribution in [0.3, 0.4) is 0 Å². The van der Waals surface area contributed by atoms with E-state index in [1.54, 1.807) is 23.1 Å². The molecule has 0 saturated carbocycles. The van der Waals surface area contributed by atoms with Gasteiger partial charge in [-0.25, -0.2) is 14.6 Å². The number of aromatic nitrogens is 8. The van der Waals surface area contributed by atoms with Crippen LogP contribution in [0.2, 0.25) is 0 Å². The molecule has 0 saturated heterocycles. The second-order valence-corrected chi connectivity index (χ2v) is 7.61. The SMILES string of the molecule is CC1(C)Cc2c(cnn2-c2ccccn2)CN(c2nccn3nnnc23)C1. The third-order valence-electron chi connectivity index (χ3n) is 4.84. The Bertz CT molecular complexity index is 1100. The predicted molar refractivity (Wildman–Crippen MR) is 98.5 cm³/mol. The molecule has 5 heterocycles. The molecule has 0 radical (unpaired) electrons. The summed E-state index contributed by atoms with van der Waals surface area (Å²) in [6.07, 6.45) is 8.10. The molecular formula is C18H19N9. The largest absolute Gasteiger partial charge is 0.348 e. The van der Waals surface area contributed by atoms with E-state index in [0.717, 1.165) is 24.6 Å². The van der Waals surface area contributed by atoms with Gasteiger partial charge in [0.05, 0.1) is 18.1 Å². The van der Waals surface area contributed by atoms with E-state index in [2.05, 4.69) is 49.3 Å². The van der Waals surface area contributed by atoms with Crippen LogP contribution in [-0.4, -0.2) is 46.3 Å². The molecule has 27 heavy (non-hydrogen) atoms. The predicted octanol–water partition coefficient (Wildman–Crippen LogP) is 1.69. The number of hydrogen-bond donors (Lipinski definition) is 0. The summed E-state index contributed by atoms with van der Waals surface area (Å²) in [7, 11) is 0. The highest BCUT2D eigenvalue weighted by Crippen LogP contribution is 2.33. The number of pyridine rings is 1. The van der Waals surface area contributed by atoms with Gasteiger partial charge < -0.3 is 4.90 Å². The van der Waals surface area contributed by atoms with Crippen LogP contribution in [0.5, 0.6) is 0 Å². The first-order valence-corrected chi connectivity index (χ1v) is 8.86. The summed E-state index contributed by atoms with van der Waals surface area (Å²) < 4.78 is 3.60. The fraction of sp³-hybridized carbons (Fsp3) is 0.333. The van der Waals surface area contributed by atoms with Gasteiger partial charge in [-0.1, -0.05) is 19.9 Å². The first-order chi connectivity index (χ1) is 13.1. The zero-order valence-electron chi connectivity index (χ0n) is 15.2. The standard InChI is InChI=1S/C18H19N9/c1-18(2)9-14-13(10-21-27(14)15-5-3-4-6-19-15)11-25(12-18)16-17-22-23-24-26(17)8-7-20-16/h3-8,10H,9,11-12H2,1-2H3. The van der Waals surface area contributed by atoms with Gasteiger partial charge in [0.15, 0.2) is 11.6 Å². The van der Waals surface area contributed by atoms with Gasteiger partial charge in [-0.05, 0) is 34.4 Å². The van der Waals surface area contributed by atoms with Crippen molar-refractivity contribution >= 4 is 11.5 Å². The van der Waals surface area contributed by atoms with E-state index >= 15 is 0 Å². The molecule has 0 N–H and O–H groups in total. The van der Waals surface area contributed by atoms with Crippen LogP contribution in [-0.2, 0) is 13.0 Å². The summed E-state index contributed by atoms with van der Waals surface area (Å²) in [6, 6.07) is 5.87. The Balaban J connectivity index is 1.61. The minimum atomic E-state index is 0.0137. The van der Waals surface area contributed by atoms with Crippen molar-refractivity contribution < 1.29 is 0 Å². The minimum Gasteiger partial charge on any atom is -0.348 e. The Morgan fingerprint density at radius 3 is 2.89 bits per heavy atom. The summed E-state index contributed by atoms with van der Waals surface area (Å²) >= 11 is 0. The molecule has 0 bridgehead atoms. The molecule has 9 nitrogen and oxygen atoms in total. The Labute approximate surface area is 155 Å². The molecule has 1 aliphatic rings. The van der Waals surface area contributed by atoms with Crippen LogP contribution in [0.25, 0.3) is 11.5 Å². The first-order valence-electron chi connectivity index (χ1n) is 8.86. The lowest BCUT2D eigenvalue weighted by Crippen LogP contribution is -2.34. The second-order valence-electron chi connectivity index (χ2n) is 7.61. The van der Waals surface area contributed by atoms with Crippen LogP contribution in [0, 0.1) is 5.41 Å².